The third kappa shape index (κ3) is 3.64. The Morgan fingerprint density at radius 3 is 2.43 bits per heavy atom. The number of amides is 1. The largest absolute Gasteiger partial charge is 0.322 e. The molecule has 0 fully saturated rings. The molecule has 0 heterocycles. The van der Waals surface area contributed by atoms with Crippen molar-refractivity contribution in [1.29, 1.82) is 0 Å². The molecule has 0 radical (unpaired) electrons. The first-order valence-corrected chi connectivity index (χ1v) is 7.13. The molecule has 2 nitrogen and oxygen atoms in total. The van der Waals surface area contributed by atoms with E-state index in [0.717, 1.165) is 11.3 Å². The quantitative estimate of drug-likeness (QED) is 0.776. The zero-order valence-electron chi connectivity index (χ0n) is 12.3. The molecule has 0 bridgehead atoms. The van der Waals surface area contributed by atoms with Crippen molar-refractivity contribution in [2.45, 2.75) is 31.1 Å². The summed E-state index contributed by atoms with van der Waals surface area (Å²) in [6.45, 7) is 6.26. The van der Waals surface area contributed by atoms with Gasteiger partial charge in [-0.2, -0.15) is 0 Å². The summed E-state index contributed by atoms with van der Waals surface area (Å²) in [5.41, 5.74) is 2.11. The number of nitrogens with one attached hydrogen (secondary N) is 1. The highest BCUT2D eigenvalue weighted by atomic mass is 32.1. The lowest BCUT2D eigenvalue weighted by molar-refractivity contribution is 0.102. The summed E-state index contributed by atoms with van der Waals surface area (Å²) >= 11 is 4.00. The molecule has 0 saturated heterocycles. The van der Waals surface area contributed by atoms with Gasteiger partial charge in [-0.3, -0.25) is 4.79 Å². The lowest BCUT2D eigenvalue weighted by Crippen LogP contribution is -2.18. The number of carbonyl (C=O) groups is 1. The maximum atomic E-state index is 13.2. The second kappa shape index (κ2) is 5.90. The van der Waals surface area contributed by atoms with E-state index in [9.17, 15) is 9.18 Å². The molecule has 2 aromatic rings. The van der Waals surface area contributed by atoms with Crippen molar-refractivity contribution < 1.29 is 9.18 Å². The van der Waals surface area contributed by atoms with Crippen molar-refractivity contribution >= 4 is 24.2 Å². The van der Waals surface area contributed by atoms with Gasteiger partial charge in [-0.25, -0.2) is 4.39 Å². The van der Waals surface area contributed by atoms with E-state index in [0.29, 0.717) is 5.56 Å². The smallest absolute Gasteiger partial charge is 0.255 e. The van der Waals surface area contributed by atoms with Gasteiger partial charge in [0.2, 0.25) is 0 Å². The Morgan fingerprint density at radius 1 is 1.14 bits per heavy atom. The van der Waals surface area contributed by atoms with Gasteiger partial charge in [0.15, 0.2) is 0 Å². The molecule has 4 heteroatoms. The number of rotatable bonds is 2. The lowest BCUT2D eigenvalue weighted by atomic mass is 9.86. The molecule has 21 heavy (non-hydrogen) atoms. The van der Waals surface area contributed by atoms with Crippen molar-refractivity contribution in [2.75, 3.05) is 5.32 Å². The minimum atomic E-state index is -0.440. The second-order valence-corrected chi connectivity index (χ2v) is 6.40. The minimum absolute atomic E-state index is 0.0820. The van der Waals surface area contributed by atoms with Crippen LogP contribution in [0.2, 0.25) is 0 Å². The van der Waals surface area contributed by atoms with Crippen molar-refractivity contribution in [3.05, 3.63) is 59.4 Å². The van der Waals surface area contributed by atoms with Gasteiger partial charge < -0.3 is 5.32 Å². The van der Waals surface area contributed by atoms with Gasteiger partial charge in [-0.05, 0) is 35.2 Å². The molecule has 0 aliphatic rings. The third-order valence-electron chi connectivity index (χ3n) is 3.19. The monoisotopic (exact) mass is 303 g/mol. The maximum Gasteiger partial charge on any atom is 0.255 e. The van der Waals surface area contributed by atoms with Crippen LogP contribution in [0, 0.1) is 5.82 Å². The highest BCUT2D eigenvalue weighted by Crippen LogP contribution is 2.29. The molecule has 0 saturated carbocycles. The second-order valence-electron chi connectivity index (χ2n) is 5.92. The van der Waals surface area contributed by atoms with E-state index in [1.54, 1.807) is 0 Å². The van der Waals surface area contributed by atoms with E-state index < -0.39 is 5.82 Å². The average Bonchev–Trinajstić information content (AvgIpc) is 2.41. The number of halogens is 1. The highest BCUT2D eigenvalue weighted by Gasteiger charge is 2.19. The van der Waals surface area contributed by atoms with Crippen LogP contribution in [0.25, 0.3) is 0 Å². The van der Waals surface area contributed by atoms with Gasteiger partial charge in [-0.15, -0.1) is 12.6 Å². The minimum Gasteiger partial charge on any atom is -0.322 e. The van der Waals surface area contributed by atoms with Crippen LogP contribution in [0.4, 0.5) is 10.1 Å². The molecular formula is C17H18FNOS. The molecule has 1 N–H and O–H groups in total. The average molecular weight is 303 g/mol. The van der Waals surface area contributed by atoms with E-state index in [1.165, 1.54) is 18.2 Å². The number of hydrogen-bond acceptors (Lipinski definition) is 2. The molecule has 0 unspecified atom stereocenters. The topological polar surface area (TPSA) is 29.1 Å². The van der Waals surface area contributed by atoms with Gasteiger partial charge in [0.05, 0.1) is 0 Å². The lowest BCUT2D eigenvalue weighted by Gasteiger charge is -2.23. The Labute approximate surface area is 129 Å². The summed E-state index contributed by atoms with van der Waals surface area (Å²) in [7, 11) is 0. The van der Waals surface area contributed by atoms with E-state index in [1.807, 2.05) is 24.3 Å². The zero-order chi connectivity index (χ0) is 15.6. The predicted molar refractivity (Wildman–Crippen MR) is 86.7 cm³/mol. The fraction of sp³-hybridized carbons (Fsp3) is 0.235. The maximum absolute atomic E-state index is 13.2. The van der Waals surface area contributed by atoms with E-state index >= 15 is 0 Å². The zero-order valence-corrected chi connectivity index (χ0v) is 13.2. The molecular weight excluding hydrogens is 285 g/mol. The number of anilines is 1. The summed E-state index contributed by atoms with van der Waals surface area (Å²) < 4.78 is 13.2. The summed E-state index contributed by atoms with van der Waals surface area (Å²) in [5, 5.41) is 2.88. The Balaban J connectivity index is 2.30. The molecule has 0 aliphatic carbocycles. The Hall–Kier alpha value is -1.81. The molecule has 0 spiro atoms. The number of hydrogen-bond donors (Lipinski definition) is 2. The van der Waals surface area contributed by atoms with Crippen molar-refractivity contribution in [3.63, 3.8) is 0 Å². The van der Waals surface area contributed by atoms with Crippen molar-refractivity contribution in [2.24, 2.45) is 0 Å². The standard InChI is InChI=1S/C17H18FNOS/c1-17(2,3)12-6-4-5-7-14(12)19-16(20)11-8-9-13(18)15(21)10-11/h4-10,21H,1-3H3,(H,19,20). The Bertz CT molecular complexity index is 677. The van der Waals surface area contributed by atoms with Gasteiger partial charge in [0, 0.05) is 16.1 Å². The summed E-state index contributed by atoms with van der Waals surface area (Å²) in [6.07, 6.45) is 0. The van der Waals surface area contributed by atoms with Crippen LogP contribution in [0.3, 0.4) is 0 Å². The molecule has 110 valence electrons. The van der Waals surface area contributed by atoms with Crippen molar-refractivity contribution in [3.8, 4) is 0 Å². The van der Waals surface area contributed by atoms with Gasteiger partial charge >= 0.3 is 0 Å². The molecule has 0 atom stereocenters. The number of benzene rings is 2. The van der Waals surface area contributed by atoms with Crippen LogP contribution in [0.15, 0.2) is 47.4 Å². The molecule has 0 aliphatic heterocycles. The van der Waals surface area contributed by atoms with E-state index in [-0.39, 0.29) is 16.2 Å². The van der Waals surface area contributed by atoms with Crippen LogP contribution in [-0.2, 0) is 5.41 Å². The molecule has 0 aromatic heterocycles. The predicted octanol–water partition coefficient (Wildman–Crippen LogP) is 4.66. The highest BCUT2D eigenvalue weighted by molar-refractivity contribution is 7.80. The van der Waals surface area contributed by atoms with Crippen molar-refractivity contribution in [1.82, 2.24) is 0 Å². The van der Waals surface area contributed by atoms with Crippen LogP contribution in [0.5, 0.6) is 0 Å². The van der Waals surface area contributed by atoms with Gasteiger partial charge in [0.1, 0.15) is 5.82 Å². The van der Waals surface area contributed by atoms with Gasteiger partial charge in [-0.1, -0.05) is 39.0 Å². The third-order valence-corrected chi connectivity index (χ3v) is 3.53. The molecule has 2 rings (SSSR count). The van der Waals surface area contributed by atoms with Crippen LogP contribution in [-0.4, -0.2) is 5.91 Å². The van der Waals surface area contributed by atoms with Gasteiger partial charge in [0.25, 0.3) is 5.91 Å². The first-order chi connectivity index (χ1) is 9.79. The SMILES string of the molecule is CC(C)(C)c1ccccc1NC(=O)c1ccc(F)c(S)c1. The van der Waals surface area contributed by atoms with E-state index in [4.69, 9.17) is 0 Å². The summed E-state index contributed by atoms with van der Waals surface area (Å²) in [5.74, 6) is -0.716. The fourth-order valence-corrected chi connectivity index (χ4v) is 2.31. The Kier molecular flexibility index (Phi) is 4.37. The number of para-hydroxylation sites is 1. The Morgan fingerprint density at radius 2 is 1.81 bits per heavy atom. The van der Waals surface area contributed by atoms with Crippen LogP contribution >= 0.6 is 12.6 Å². The first kappa shape index (κ1) is 15.6. The number of thiol groups is 1. The molecule has 2 aromatic carbocycles. The molecule has 1 amide bonds. The van der Waals surface area contributed by atoms with Crippen LogP contribution < -0.4 is 5.32 Å². The normalized spacial score (nSPS) is 11.3. The fourth-order valence-electron chi connectivity index (χ4n) is 2.09. The van der Waals surface area contributed by atoms with Crippen LogP contribution in [0.1, 0.15) is 36.7 Å². The summed E-state index contributed by atoms with van der Waals surface area (Å²) in [4.78, 5) is 12.4. The summed E-state index contributed by atoms with van der Waals surface area (Å²) in [6, 6.07) is 11.8. The number of carbonyl (C=O) groups excluding carboxylic acids is 1. The first-order valence-electron chi connectivity index (χ1n) is 6.68. The van der Waals surface area contributed by atoms with E-state index in [2.05, 4.69) is 38.7 Å².